The van der Waals surface area contributed by atoms with Gasteiger partial charge in [-0.3, -0.25) is 4.79 Å². The van der Waals surface area contributed by atoms with Gasteiger partial charge in [-0.1, -0.05) is 49.7 Å². The Balaban J connectivity index is 1.60. The third-order valence-corrected chi connectivity index (χ3v) is 6.39. The maximum Gasteiger partial charge on any atom is 0.304 e. The quantitative estimate of drug-likeness (QED) is 0.371. The SMILES string of the molecule is CCC(C)CSCc1cc(-c2nc(-c3ccc(CNCCC(=O)O)cc3)no2)oc1C. The van der Waals surface area contributed by atoms with Gasteiger partial charge in [0.1, 0.15) is 5.76 Å². The number of carbonyl (C=O) groups is 1. The first-order chi connectivity index (χ1) is 15.0. The summed E-state index contributed by atoms with van der Waals surface area (Å²) in [6.45, 7) is 7.49. The number of benzene rings is 1. The Labute approximate surface area is 186 Å². The van der Waals surface area contributed by atoms with Crippen LogP contribution >= 0.6 is 11.8 Å². The van der Waals surface area contributed by atoms with Crippen molar-refractivity contribution in [3.63, 3.8) is 0 Å². The molecule has 2 heterocycles. The van der Waals surface area contributed by atoms with Crippen LogP contribution in [0.4, 0.5) is 0 Å². The number of aromatic nitrogens is 2. The summed E-state index contributed by atoms with van der Waals surface area (Å²) in [7, 11) is 0. The van der Waals surface area contributed by atoms with Crippen molar-refractivity contribution in [3.05, 3.63) is 47.2 Å². The highest BCUT2D eigenvalue weighted by Crippen LogP contribution is 2.29. The second kappa shape index (κ2) is 11.2. The van der Waals surface area contributed by atoms with Gasteiger partial charge in [-0.15, -0.1) is 0 Å². The molecule has 0 saturated carbocycles. The number of aliphatic carboxylic acids is 1. The van der Waals surface area contributed by atoms with Crippen molar-refractivity contribution < 1.29 is 18.8 Å². The highest BCUT2D eigenvalue weighted by Gasteiger charge is 2.17. The second-order valence-corrected chi connectivity index (χ2v) is 8.69. The van der Waals surface area contributed by atoms with Crippen LogP contribution in [-0.2, 0) is 17.1 Å². The summed E-state index contributed by atoms with van der Waals surface area (Å²) < 4.78 is 11.3. The Kier molecular flexibility index (Phi) is 8.31. The van der Waals surface area contributed by atoms with Crippen LogP contribution in [0.2, 0.25) is 0 Å². The van der Waals surface area contributed by atoms with Crippen LogP contribution in [0.15, 0.2) is 39.3 Å². The smallest absolute Gasteiger partial charge is 0.304 e. The molecular formula is C23H29N3O4S. The highest BCUT2D eigenvalue weighted by atomic mass is 32.2. The number of thioether (sulfide) groups is 1. The van der Waals surface area contributed by atoms with E-state index < -0.39 is 5.97 Å². The molecule has 3 rings (SSSR count). The zero-order chi connectivity index (χ0) is 22.2. The fraction of sp³-hybridized carbons (Fsp3) is 0.435. The largest absolute Gasteiger partial charge is 0.481 e. The van der Waals surface area contributed by atoms with Crippen LogP contribution in [0, 0.1) is 12.8 Å². The maximum atomic E-state index is 10.5. The molecule has 7 nitrogen and oxygen atoms in total. The number of carboxylic acids is 1. The first kappa shape index (κ1) is 23.1. The van der Waals surface area contributed by atoms with Crippen LogP contribution in [-0.4, -0.2) is 33.5 Å². The van der Waals surface area contributed by atoms with Crippen molar-refractivity contribution >= 4 is 17.7 Å². The monoisotopic (exact) mass is 443 g/mol. The van der Waals surface area contributed by atoms with E-state index in [0.29, 0.717) is 36.5 Å². The molecule has 0 spiro atoms. The van der Waals surface area contributed by atoms with Gasteiger partial charge in [0.2, 0.25) is 5.82 Å². The summed E-state index contributed by atoms with van der Waals surface area (Å²) in [6.07, 6.45) is 1.30. The van der Waals surface area contributed by atoms with Crippen molar-refractivity contribution in [2.24, 2.45) is 5.92 Å². The van der Waals surface area contributed by atoms with Crippen molar-refractivity contribution in [2.45, 2.75) is 45.9 Å². The standard InChI is InChI=1S/C23H29N3O4S/c1-4-15(2)13-31-14-19-11-20(29-16(19)3)23-25-22(26-30-23)18-7-5-17(6-8-18)12-24-10-9-21(27)28/h5-8,11,15,24H,4,9-10,12-14H2,1-3H3,(H,27,28). The number of nitrogens with one attached hydrogen (secondary N) is 1. The predicted molar refractivity (Wildman–Crippen MR) is 122 cm³/mol. The number of rotatable bonds is 12. The van der Waals surface area contributed by atoms with Crippen molar-refractivity contribution in [1.82, 2.24) is 15.5 Å². The lowest BCUT2D eigenvalue weighted by atomic mass is 10.1. The van der Waals surface area contributed by atoms with Gasteiger partial charge in [-0.25, -0.2) is 0 Å². The molecule has 0 aliphatic carbocycles. The highest BCUT2D eigenvalue weighted by molar-refractivity contribution is 7.98. The van der Waals surface area contributed by atoms with Gasteiger partial charge in [0.25, 0.3) is 5.89 Å². The van der Waals surface area contributed by atoms with Crippen LogP contribution in [0.25, 0.3) is 23.0 Å². The van der Waals surface area contributed by atoms with Gasteiger partial charge >= 0.3 is 5.97 Å². The number of hydrogen-bond acceptors (Lipinski definition) is 7. The van der Waals surface area contributed by atoms with Gasteiger partial charge < -0.3 is 19.4 Å². The zero-order valence-electron chi connectivity index (χ0n) is 18.2. The van der Waals surface area contributed by atoms with E-state index in [2.05, 4.69) is 29.3 Å². The topological polar surface area (TPSA) is 101 Å². The predicted octanol–water partition coefficient (Wildman–Crippen LogP) is 5.15. The molecule has 2 aromatic heterocycles. The number of aryl methyl sites for hydroxylation is 1. The molecule has 0 bridgehead atoms. The minimum absolute atomic E-state index is 0.105. The molecule has 2 N–H and O–H groups in total. The molecule has 1 atom stereocenters. The molecule has 166 valence electrons. The van der Waals surface area contributed by atoms with E-state index in [1.807, 2.05) is 49.0 Å². The summed E-state index contributed by atoms with van der Waals surface area (Å²) in [4.78, 5) is 15.0. The molecule has 31 heavy (non-hydrogen) atoms. The van der Waals surface area contributed by atoms with Gasteiger partial charge in [-0.05, 0) is 30.2 Å². The van der Waals surface area contributed by atoms with E-state index in [9.17, 15) is 4.79 Å². The molecule has 0 amide bonds. The average Bonchev–Trinajstić information content (AvgIpc) is 3.38. The summed E-state index contributed by atoms with van der Waals surface area (Å²) in [5.74, 6) is 4.29. The third kappa shape index (κ3) is 6.70. The van der Waals surface area contributed by atoms with E-state index in [1.54, 1.807) is 0 Å². The Morgan fingerprint density at radius 2 is 2.06 bits per heavy atom. The molecule has 0 aliphatic rings. The lowest BCUT2D eigenvalue weighted by Crippen LogP contribution is -2.17. The number of hydrogen-bond donors (Lipinski definition) is 2. The molecule has 0 fully saturated rings. The van der Waals surface area contributed by atoms with Gasteiger partial charge in [-0.2, -0.15) is 16.7 Å². The molecule has 1 unspecified atom stereocenters. The number of nitrogens with zero attached hydrogens (tertiary/aromatic N) is 2. The molecule has 8 heteroatoms. The van der Waals surface area contributed by atoms with Crippen molar-refractivity contribution in [2.75, 3.05) is 12.3 Å². The lowest BCUT2D eigenvalue weighted by molar-refractivity contribution is -0.136. The van der Waals surface area contributed by atoms with E-state index in [1.165, 1.54) is 6.42 Å². The van der Waals surface area contributed by atoms with Gasteiger partial charge in [0.15, 0.2) is 5.76 Å². The fourth-order valence-electron chi connectivity index (χ4n) is 2.90. The molecule has 0 saturated heterocycles. The fourth-order valence-corrected chi connectivity index (χ4v) is 4.16. The van der Waals surface area contributed by atoms with Gasteiger partial charge in [0.05, 0.1) is 6.42 Å². The van der Waals surface area contributed by atoms with Crippen molar-refractivity contribution in [3.8, 4) is 23.0 Å². The maximum absolute atomic E-state index is 10.5. The normalized spacial score (nSPS) is 12.2. The van der Waals surface area contributed by atoms with E-state index >= 15 is 0 Å². The van der Waals surface area contributed by atoms with Crippen LogP contribution in [0.1, 0.15) is 43.6 Å². The number of carboxylic acid groups (broad SMARTS) is 1. The first-order valence-corrected chi connectivity index (χ1v) is 11.6. The summed E-state index contributed by atoms with van der Waals surface area (Å²) in [5.41, 5.74) is 3.05. The van der Waals surface area contributed by atoms with Gasteiger partial charge in [0, 0.05) is 30.0 Å². The van der Waals surface area contributed by atoms with Crippen LogP contribution < -0.4 is 5.32 Å². The summed E-state index contributed by atoms with van der Waals surface area (Å²) >= 11 is 1.91. The molecule has 1 aromatic carbocycles. The first-order valence-electron chi connectivity index (χ1n) is 10.5. The molecular weight excluding hydrogens is 414 g/mol. The van der Waals surface area contributed by atoms with E-state index in [-0.39, 0.29) is 6.42 Å². The number of furan rings is 1. The molecule has 0 radical (unpaired) electrons. The Hall–Kier alpha value is -2.58. The third-order valence-electron chi connectivity index (χ3n) is 5.07. The van der Waals surface area contributed by atoms with Crippen LogP contribution in [0.3, 0.4) is 0 Å². The Morgan fingerprint density at radius 3 is 2.77 bits per heavy atom. The molecule has 3 aromatic rings. The summed E-state index contributed by atoms with van der Waals surface area (Å²) in [5, 5.41) is 15.9. The minimum atomic E-state index is -0.806. The van der Waals surface area contributed by atoms with Crippen LogP contribution in [0.5, 0.6) is 0 Å². The summed E-state index contributed by atoms with van der Waals surface area (Å²) in [6, 6.07) is 9.76. The Morgan fingerprint density at radius 1 is 1.29 bits per heavy atom. The van der Waals surface area contributed by atoms with E-state index in [0.717, 1.165) is 34.0 Å². The van der Waals surface area contributed by atoms with E-state index in [4.69, 9.17) is 14.0 Å². The average molecular weight is 444 g/mol. The lowest BCUT2D eigenvalue weighted by Gasteiger charge is -2.06. The minimum Gasteiger partial charge on any atom is -0.481 e. The Bertz CT molecular complexity index is 981. The molecule has 0 aliphatic heterocycles. The second-order valence-electron chi connectivity index (χ2n) is 7.66. The zero-order valence-corrected chi connectivity index (χ0v) is 19.0. The van der Waals surface area contributed by atoms with Crippen molar-refractivity contribution in [1.29, 1.82) is 0 Å².